The molecule has 2 aromatic rings. The lowest BCUT2D eigenvalue weighted by molar-refractivity contribution is -0.385. The monoisotopic (exact) mass is 254 g/mol. The number of nitro benzene ring substituents is 1. The fraction of sp³-hybridized carbons (Fsp3) is 0.0714. The molecule has 0 heterocycles. The minimum absolute atomic E-state index is 0.00724. The molecule has 0 radical (unpaired) electrons. The largest absolute Gasteiger partial charge is 0.489 e. The second-order valence-electron chi connectivity index (χ2n) is 3.81. The fourth-order valence-electron chi connectivity index (χ4n) is 1.84. The Balaban J connectivity index is 2.69. The van der Waals surface area contributed by atoms with Gasteiger partial charge in [0.25, 0.3) is 0 Å². The summed E-state index contributed by atoms with van der Waals surface area (Å²) in [5.41, 5.74) is 1.37. The molecule has 0 amide bonds. The Bertz CT molecular complexity index is 660. The van der Waals surface area contributed by atoms with Crippen LogP contribution in [-0.2, 0) is 0 Å². The zero-order valence-electron chi connectivity index (χ0n) is 10.2. The molecule has 19 heavy (non-hydrogen) atoms. The zero-order valence-corrected chi connectivity index (χ0v) is 10.2. The summed E-state index contributed by atoms with van der Waals surface area (Å²) in [6.45, 7) is 0. The first kappa shape index (κ1) is 12.6. The third-order valence-corrected chi connectivity index (χ3v) is 2.70. The van der Waals surface area contributed by atoms with Crippen LogP contribution in [0.25, 0.3) is 11.1 Å². The molecular weight excluding hydrogens is 244 g/mol. The van der Waals surface area contributed by atoms with E-state index in [2.05, 4.69) is 0 Å². The molecule has 2 rings (SSSR count). The molecule has 94 valence electrons. The highest BCUT2D eigenvalue weighted by molar-refractivity contribution is 5.72. The number of hydrogen-bond donors (Lipinski definition) is 0. The smallest absolute Gasteiger partial charge is 0.312 e. The molecule has 0 aliphatic heterocycles. The summed E-state index contributed by atoms with van der Waals surface area (Å²) in [6.07, 6.45) is 0. The van der Waals surface area contributed by atoms with Crippen molar-refractivity contribution >= 4 is 5.69 Å². The number of rotatable bonds is 3. The first-order valence-electron chi connectivity index (χ1n) is 5.49. The molecule has 2 aromatic carbocycles. The highest BCUT2D eigenvalue weighted by Crippen LogP contribution is 2.35. The van der Waals surface area contributed by atoms with Gasteiger partial charge >= 0.3 is 5.69 Å². The van der Waals surface area contributed by atoms with Gasteiger partial charge in [0.1, 0.15) is 11.6 Å². The topological polar surface area (TPSA) is 76.2 Å². The van der Waals surface area contributed by atoms with Crippen molar-refractivity contribution in [3.05, 3.63) is 58.1 Å². The summed E-state index contributed by atoms with van der Waals surface area (Å²) in [5.74, 6) is -0.00724. The van der Waals surface area contributed by atoms with Gasteiger partial charge in [-0.05, 0) is 17.2 Å². The van der Waals surface area contributed by atoms with Crippen LogP contribution in [0.4, 0.5) is 5.69 Å². The van der Waals surface area contributed by atoms with Gasteiger partial charge in [0, 0.05) is 6.07 Å². The van der Waals surface area contributed by atoms with Crippen LogP contribution in [-0.4, -0.2) is 12.0 Å². The van der Waals surface area contributed by atoms with Crippen LogP contribution in [0.5, 0.6) is 5.75 Å². The van der Waals surface area contributed by atoms with Gasteiger partial charge in [-0.1, -0.05) is 30.3 Å². The van der Waals surface area contributed by atoms with E-state index in [-0.39, 0.29) is 17.0 Å². The summed E-state index contributed by atoms with van der Waals surface area (Å²) < 4.78 is 4.96. The van der Waals surface area contributed by atoms with Crippen LogP contribution < -0.4 is 4.74 Å². The quantitative estimate of drug-likeness (QED) is 0.622. The van der Waals surface area contributed by atoms with Crippen LogP contribution >= 0.6 is 0 Å². The van der Waals surface area contributed by atoms with Gasteiger partial charge < -0.3 is 4.74 Å². The number of methoxy groups -OCH3 is 1. The number of nitrogens with zero attached hydrogens (tertiary/aromatic N) is 2. The van der Waals surface area contributed by atoms with Gasteiger partial charge in [-0.3, -0.25) is 10.1 Å². The lowest BCUT2D eigenvalue weighted by Gasteiger charge is -2.07. The predicted octanol–water partition coefficient (Wildman–Crippen LogP) is 3.14. The van der Waals surface area contributed by atoms with E-state index in [9.17, 15) is 10.1 Å². The van der Waals surface area contributed by atoms with Crippen molar-refractivity contribution in [3.8, 4) is 22.9 Å². The highest BCUT2D eigenvalue weighted by Gasteiger charge is 2.21. The van der Waals surface area contributed by atoms with Crippen LogP contribution in [0.15, 0.2) is 42.5 Å². The van der Waals surface area contributed by atoms with Crippen molar-refractivity contribution in [2.24, 2.45) is 0 Å². The Morgan fingerprint density at radius 1 is 1.21 bits per heavy atom. The van der Waals surface area contributed by atoms with E-state index in [0.717, 1.165) is 5.56 Å². The van der Waals surface area contributed by atoms with Crippen molar-refractivity contribution in [3.63, 3.8) is 0 Å². The molecule has 0 bridgehead atoms. The molecule has 0 fully saturated rings. The zero-order chi connectivity index (χ0) is 13.8. The average Bonchev–Trinajstić information content (AvgIpc) is 2.46. The third-order valence-electron chi connectivity index (χ3n) is 2.70. The summed E-state index contributed by atoms with van der Waals surface area (Å²) in [5, 5.41) is 20.1. The molecule has 0 saturated heterocycles. The third kappa shape index (κ3) is 2.38. The molecule has 0 atom stereocenters. The number of hydrogen-bond acceptors (Lipinski definition) is 4. The van der Waals surface area contributed by atoms with E-state index in [1.54, 1.807) is 6.07 Å². The molecule has 0 spiro atoms. The SMILES string of the molecule is COc1c(C#N)cc(-c2ccccc2)cc1[N+](=O)[O-]. The van der Waals surface area contributed by atoms with E-state index in [4.69, 9.17) is 10.00 Å². The van der Waals surface area contributed by atoms with Crippen molar-refractivity contribution in [1.29, 1.82) is 5.26 Å². The van der Waals surface area contributed by atoms with Crippen molar-refractivity contribution < 1.29 is 9.66 Å². The number of nitriles is 1. The Morgan fingerprint density at radius 2 is 1.89 bits per heavy atom. The lowest BCUT2D eigenvalue weighted by atomic mass is 10.0. The fourth-order valence-corrected chi connectivity index (χ4v) is 1.84. The van der Waals surface area contributed by atoms with Gasteiger partial charge in [-0.25, -0.2) is 0 Å². The van der Waals surface area contributed by atoms with E-state index in [0.29, 0.717) is 5.56 Å². The van der Waals surface area contributed by atoms with E-state index in [1.165, 1.54) is 13.2 Å². The van der Waals surface area contributed by atoms with Crippen LogP contribution in [0.2, 0.25) is 0 Å². The molecular formula is C14H10N2O3. The van der Waals surface area contributed by atoms with Crippen molar-refractivity contribution in [2.45, 2.75) is 0 Å². The van der Waals surface area contributed by atoms with Crippen molar-refractivity contribution in [1.82, 2.24) is 0 Å². The molecule has 0 saturated carbocycles. The first-order chi connectivity index (χ1) is 9.17. The minimum Gasteiger partial charge on any atom is -0.489 e. The summed E-state index contributed by atoms with van der Waals surface area (Å²) in [4.78, 5) is 10.5. The van der Waals surface area contributed by atoms with Gasteiger partial charge in [0.2, 0.25) is 5.75 Å². The molecule has 0 aliphatic rings. The van der Waals surface area contributed by atoms with E-state index < -0.39 is 4.92 Å². The minimum atomic E-state index is -0.549. The first-order valence-corrected chi connectivity index (χ1v) is 5.49. The van der Waals surface area contributed by atoms with Crippen molar-refractivity contribution in [2.75, 3.05) is 7.11 Å². The van der Waals surface area contributed by atoms with Crippen LogP contribution in [0.3, 0.4) is 0 Å². The molecule has 0 N–H and O–H groups in total. The molecule has 5 heteroatoms. The second kappa shape index (κ2) is 5.19. The molecule has 5 nitrogen and oxygen atoms in total. The van der Waals surface area contributed by atoms with Gasteiger partial charge in [-0.15, -0.1) is 0 Å². The maximum Gasteiger partial charge on any atom is 0.312 e. The Morgan fingerprint density at radius 3 is 2.42 bits per heavy atom. The van der Waals surface area contributed by atoms with Crippen LogP contribution in [0, 0.1) is 21.4 Å². The number of benzene rings is 2. The van der Waals surface area contributed by atoms with E-state index >= 15 is 0 Å². The van der Waals surface area contributed by atoms with Crippen LogP contribution in [0.1, 0.15) is 5.56 Å². The average molecular weight is 254 g/mol. The molecule has 0 aliphatic carbocycles. The maximum absolute atomic E-state index is 11.0. The maximum atomic E-state index is 11.0. The standard InChI is InChI=1S/C14H10N2O3/c1-19-14-12(9-15)7-11(8-13(14)16(17)18)10-5-3-2-4-6-10/h2-8H,1H3. The van der Waals surface area contributed by atoms with Gasteiger partial charge in [0.15, 0.2) is 0 Å². The molecule has 0 aromatic heterocycles. The second-order valence-corrected chi connectivity index (χ2v) is 3.81. The number of ether oxygens (including phenoxy) is 1. The van der Waals surface area contributed by atoms with Gasteiger partial charge in [-0.2, -0.15) is 5.26 Å². The normalized spacial score (nSPS) is 9.68. The summed E-state index contributed by atoms with van der Waals surface area (Å²) in [6, 6.07) is 14.1. The lowest BCUT2D eigenvalue weighted by Crippen LogP contribution is -1.97. The van der Waals surface area contributed by atoms with Gasteiger partial charge in [0.05, 0.1) is 12.0 Å². The molecule has 0 unspecified atom stereocenters. The Hall–Kier alpha value is -2.87. The highest BCUT2D eigenvalue weighted by atomic mass is 16.6. The summed E-state index contributed by atoms with van der Waals surface area (Å²) in [7, 11) is 1.31. The Labute approximate surface area is 109 Å². The Kier molecular flexibility index (Phi) is 3.44. The van der Waals surface area contributed by atoms with E-state index in [1.807, 2.05) is 36.4 Å². The predicted molar refractivity (Wildman–Crippen MR) is 69.8 cm³/mol. The number of nitro groups is 1. The summed E-state index contributed by atoms with van der Waals surface area (Å²) >= 11 is 0.